The molecule has 2 aromatic carbocycles. The third kappa shape index (κ3) is 5.50. The van der Waals surface area contributed by atoms with E-state index in [1.165, 1.54) is 29.6 Å². The highest BCUT2D eigenvalue weighted by atomic mass is 32.2. The van der Waals surface area contributed by atoms with Crippen molar-refractivity contribution in [3.05, 3.63) is 71.8 Å². The zero-order valence-electron chi connectivity index (χ0n) is 19.1. The van der Waals surface area contributed by atoms with Crippen LogP contribution in [0.5, 0.6) is 0 Å². The number of sulfone groups is 1. The number of halogens is 1. The fourth-order valence-corrected chi connectivity index (χ4v) is 4.78. The van der Waals surface area contributed by atoms with Gasteiger partial charge >= 0.3 is 0 Å². The molecule has 0 amide bonds. The van der Waals surface area contributed by atoms with Crippen LogP contribution >= 0.6 is 0 Å². The Kier molecular flexibility index (Phi) is 6.65. The number of piperidine rings is 1. The first kappa shape index (κ1) is 23.2. The normalized spacial score (nSPS) is 15.1. The van der Waals surface area contributed by atoms with E-state index in [9.17, 15) is 12.8 Å². The maximum absolute atomic E-state index is 14.4. The van der Waals surface area contributed by atoms with Gasteiger partial charge < -0.3 is 10.2 Å². The number of anilines is 3. The third-order valence-corrected chi connectivity index (χ3v) is 7.29. The minimum Gasteiger partial charge on any atom is -0.356 e. The molecule has 1 aliphatic rings. The fourth-order valence-electron chi connectivity index (χ4n) is 4.15. The summed E-state index contributed by atoms with van der Waals surface area (Å²) in [6.07, 6.45) is 4.58. The van der Waals surface area contributed by atoms with E-state index in [-0.39, 0.29) is 10.6 Å². The van der Waals surface area contributed by atoms with E-state index >= 15 is 0 Å². The lowest BCUT2D eigenvalue weighted by molar-refractivity contribution is 0.502. The Morgan fingerprint density at radius 1 is 1.03 bits per heavy atom. The Morgan fingerprint density at radius 3 is 2.33 bits per heavy atom. The van der Waals surface area contributed by atoms with E-state index in [0.29, 0.717) is 17.7 Å². The molecule has 6 nitrogen and oxygen atoms in total. The second-order valence-electron chi connectivity index (χ2n) is 8.88. The Bertz CT molecular complexity index is 1220. The van der Waals surface area contributed by atoms with Crippen LogP contribution in [0.25, 0.3) is 0 Å². The predicted octanol–water partition coefficient (Wildman–Crippen LogP) is 5.27. The smallest absolute Gasteiger partial charge is 0.175 e. The second kappa shape index (κ2) is 9.47. The number of aromatic nitrogens is 2. The SMILES string of the molecule is CC(C)c1ccc(C2CCN(c3cc(Nc4ccc(S(C)(=O)=O)cc4F)ncn3)CC2)cc1. The zero-order valence-corrected chi connectivity index (χ0v) is 19.9. The van der Waals surface area contributed by atoms with Gasteiger partial charge in [-0.05, 0) is 54.0 Å². The maximum Gasteiger partial charge on any atom is 0.175 e. The first-order valence-electron chi connectivity index (χ1n) is 11.1. The van der Waals surface area contributed by atoms with Gasteiger partial charge in [0.25, 0.3) is 0 Å². The summed E-state index contributed by atoms with van der Waals surface area (Å²) in [7, 11) is -3.47. The predicted molar refractivity (Wildman–Crippen MR) is 130 cm³/mol. The van der Waals surface area contributed by atoms with Gasteiger partial charge in [-0.1, -0.05) is 38.1 Å². The summed E-state index contributed by atoms with van der Waals surface area (Å²) in [5, 5.41) is 2.93. The van der Waals surface area contributed by atoms with E-state index in [0.717, 1.165) is 44.1 Å². The highest BCUT2D eigenvalue weighted by Gasteiger charge is 2.22. The summed E-state index contributed by atoms with van der Waals surface area (Å²) in [4.78, 5) is 10.8. The molecule has 174 valence electrons. The van der Waals surface area contributed by atoms with Gasteiger partial charge in [-0.2, -0.15) is 0 Å². The standard InChI is InChI=1S/C25H29FN4O2S/c1-17(2)18-4-6-19(7-5-18)20-10-12-30(13-11-20)25-15-24(27-16-28-25)29-23-9-8-21(14-22(23)26)33(3,31)32/h4-9,14-17,20H,10-13H2,1-3H3,(H,27,28,29). The molecule has 1 saturated heterocycles. The van der Waals surface area contributed by atoms with Gasteiger partial charge in [0, 0.05) is 25.4 Å². The Labute approximate surface area is 194 Å². The summed E-state index contributed by atoms with van der Waals surface area (Å²) in [5.74, 6) is 1.66. The van der Waals surface area contributed by atoms with Crippen LogP contribution in [0.3, 0.4) is 0 Å². The summed E-state index contributed by atoms with van der Waals surface area (Å²) >= 11 is 0. The Hall–Kier alpha value is -3.00. The van der Waals surface area contributed by atoms with Crippen LogP contribution in [-0.2, 0) is 9.84 Å². The van der Waals surface area contributed by atoms with Crippen molar-refractivity contribution in [2.75, 3.05) is 29.6 Å². The molecule has 0 bridgehead atoms. The van der Waals surface area contributed by atoms with E-state index in [4.69, 9.17) is 0 Å². The van der Waals surface area contributed by atoms with Crippen LogP contribution in [0.4, 0.5) is 21.7 Å². The molecule has 4 rings (SSSR count). The van der Waals surface area contributed by atoms with Crippen LogP contribution in [0.1, 0.15) is 49.7 Å². The largest absolute Gasteiger partial charge is 0.356 e. The van der Waals surface area contributed by atoms with Crippen LogP contribution in [0.2, 0.25) is 0 Å². The minimum absolute atomic E-state index is 0.0596. The number of rotatable bonds is 6. The molecule has 1 fully saturated rings. The Balaban J connectivity index is 1.41. The number of hydrogen-bond acceptors (Lipinski definition) is 6. The average molecular weight is 469 g/mol. The molecule has 0 aliphatic carbocycles. The summed E-state index contributed by atoms with van der Waals surface area (Å²) in [6, 6.07) is 14.6. The molecule has 2 heterocycles. The number of hydrogen-bond donors (Lipinski definition) is 1. The third-order valence-electron chi connectivity index (χ3n) is 6.18. The molecule has 8 heteroatoms. The first-order valence-corrected chi connectivity index (χ1v) is 13.0. The second-order valence-corrected chi connectivity index (χ2v) is 10.9. The monoisotopic (exact) mass is 468 g/mol. The summed E-state index contributed by atoms with van der Waals surface area (Å²) in [6.45, 7) is 6.17. The topological polar surface area (TPSA) is 75.2 Å². The summed E-state index contributed by atoms with van der Waals surface area (Å²) in [5.41, 5.74) is 2.91. The average Bonchev–Trinajstić information content (AvgIpc) is 2.80. The lowest BCUT2D eigenvalue weighted by Gasteiger charge is -2.33. The summed E-state index contributed by atoms with van der Waals surface area (Å²) < 4.78 is 37.6. The van der Waals surface area contributed by atoms with E-state index in [2.05, 4.69) is 58.3 Å². The lowest BCUT2D eigenvalue weighted by atomic mass is 9.88. The van der Waals surface area contributed by atoms with E-state index < -0.39 is 15.7 Å². The minimum atomic E-state index is -3.47. The van der Waals surface area contributed by atoms with Crippen molar-refractivity contribution in [2.45, 2.75) is 43.4 Å². The van der Waals surface area contributed by atoms with Crippen molar-refractivity contribution in [3.63, 3.8) is 0 Å². The zero-order chi connectivity index (χ0) is 23.6. The molecule has 0 spiro atoms. The quantitative estimate of drug-likeness (QED) is 0.531. The fraction of sp³-hybridized carbons (Fsp3) is 0.360. The molecule has 0 atom stereocenters. The van der Waals surface area contributed by atoms with Crippen LogP contribution in [-0.4, -0.2) is 37.7 Å². The van der Waals surface area contributed by atoms with Crippen LogP contribution < -0.4 is 10.2 Å². The van der Waals surface area contributed by atoms with Crippen LogP contribution in [0, 0.1) is 5.82 Å². The first-order chi connectivity index (χ1) is 15.7. The molecule has 33 heavy (non-hydrogen) atoms. The van der Waals surface area contributed by atoms with Gasteiger partial charge in [0.2, 0.25) is 0 Å². The molecular weight excluding hydrogens is 439 g/mol. The molecule has 0 radical (unpaired) electrons. The number of nitrogens with one attached hydrogen (secondary N) is 1. The molecule has 1 N–H and O–H groups in total. The van der Waals surface area contributed by atoms with Crippen molar-refractivity contribution in [1.29, 1.82) is 0 Å². The van der Waals surface area contributed by atoms with Gasteiger partial charge in [-0.25, -0.2) is 22.8 Å². The van der Waals surface area contributed by atoms with Crippen molar-refractivity contribution in [2.24, 2.45) is 0 Å². The van der Waals surface area contributed by atoms with Crippen molar-refractivity contribution < 1.29 is 12.8 Å². The van der Waals surface area contributed by atoms with Gasteiger partial charge in [0.05, 0.1) is 10.6 Å². The van der Waals surface area contributed by atoms with E-state index in [1.54, 1.807) is 6.07 Å². The van der Waals surface area contributed by atoms with Gasteiger partial charge in [0.15, 0.2) is 9.84 Å². The molecular formula is C25H29FN4O2S. The highest BCUT2D eigenvalue weighted by Crippen LogP contribution is 2.31. The lowest BCUT2D eigenvalue weighted by Crippen LogP contribution is -2.33. The Morgan fingerprint density at radius 2 is 1.73 bits per heavy atom. The van der Waals surface area contributed by atoms with Crippen LogP contribution in [0.15, 0.2) is 59.8 Å². The van der Waals surface area contributed by atoms with Gasteiger partial charge in [-0.15, -0.1) is 0 Å². The highest BCUT2D eigenvalue weighted by molar-refractivity contribution is 7.90. The van der Waals surface area contributed by atoms with E-state index in [1.807, 2.05) is 0 Å². The molecule has 1 aromatic heterocycles. The van der Waals surface area contributed by atoms with Crippen molar-refractivity contribution >= 4 is 27.2 Å². The van der Waals surface area contributed by atoms with Gasteiger partial charge in [0.1, 0.15) is 23.8 Å². The van der Waals surface area contributed by atoms with Crippen molar-refractivity contribution in [3.8, 4) is 0 Å². The number of benzene rings is 2. The number of nitrogens with zero attached hydrogens (tertiary/aromatic N) is 3. The molecule has 3 aromatic rings. The van der Waals surface area contributed by atoms with Gasteiger partial charge in [-0.3, -0.25) is 0 Å². The molecule has 1 aliphatic heterocycles. The van der Waals surface area contributed by atoms with Crippen molar-refractivity contribution in [1.82, 2.24) is 9.97 Å². The maximum atomic E-state index is 14.4. The molecule has 0 saturated carbocycles. The molecule has 0 unspecified atom stereocenters.